The van der Waals surface area contributed by atoms with E-state index in [0.717, 1.165) is 44.0 Å². The molecule has 1 aromatic carbocycles. The van der Waals surface area contributed by atoms with Crippen molar-refractivity contribution in [2.45, 2.75) is 44.3 Å². The molecule has 2 heterocycles. The van der Waals surface area contributed by atoms with Gasteiger partial charge in [0.1, 0.15) is 0 Å². The number of carbonyl (C=O) groups is 1. The van der Waals surface area contributed by atoms with Crippen molar-refractivity contribution in [2.24, 2.45) is 0 Å². The Balaban J connectivity index is 1.86. The topological polar surface area (TPSA) is 63.1 Å². The molecule has 1 atom stereocenters. The van der Waals surface area contributed by atoms with Crippen molar-refractivity contribution >= 4 is 35.2 Å². The highest BCUT2D eigenvalue weighted by Crippen LogP contribution is 2.31. The first-order valence-electron chi connectivity index (χ1n) is 8.97. The molecule has 0 bridgehead atoms. The van der Waals surface area contributed by atoms with E-state index in [1.54, 1.807) is 0 Å². The molecule has 1 aliphatic rings. The van der Waals surface area contributed by atoms with Crippen LogP contribution in [0.25, 0.3) is 5.69 Å². The SMILES string of the molecule is CC[C@H](C)NC(=O)CSc1nnc(N2CCCC2)n1-c1ccccc1Cl. The number of halogens is 1. The van der Waals surface area contributed by atoms with Crippen LogP contribution < -0.4 is 10.2 Å². The molecule has 2 aromatic rings. The largest absolute Gasteiger partial charge is 0.353 e. The summed E-state index contributed by atoms with van der Waals surface area (Å²) in [6, 6.07) is 7.82. The van der Waals surface area contributed by atoms with E-state index >= 15 is 0 Å². The van der Waals surface area contributed by atoms with E-state index in [9.17, 15) is 4.79 Å². The number of carbonyl (C=O) groups excluding carboxylic acids is 1. The van der Waals surface area contributed by atoms with Gasteiger partial charge in [-0.3, -0.25) is 9.36 Å². The molecule has 0 spiro atoms. The summed E-state index contributed by atoms with van der Waals surface area (Å²) in [5.74, 6) is 1.09. The van der Waals surface area contributed by atoms with Gasteiger partial charge in [-0.25, -0.2) is 0 Å². The molecule has 0 saturated carbocycles. The standard InChI is InChI=1S/C18H24ClN5OS/c1-3-13(2)20-16(25)12-26-18-22-21-17(23-10-6-7-11-23)24(18)15-9-5-4-8-14(15)19/h4-5,8-9,13H,3,6-7,10-12H2,1-2H3,(H,20,25)/t13-/m0/s1. The van der Waals surface area contributed by atoms with Crippen LogP contribution in [0.1, 0.15) is 33.1 Å². The number of hydrogen-bond donors (Lipinski definition) is 1. The van der Waals surface area contributed by atoms with E-state index in [4.69, 9.17) is 11.6 Å². The van der Waals surface area contributed by atoms with E-state index in [2.05, 4.69) is 27.3 Å². The maximum absolute atomic E-state index is 12.1. The molecule has 1 aliphatic heterocycles. The summed E-state index contributed by atoms with van der Waals surface area (Å²) in [4.78, 5) is 14.4. The Kier molecular flexibility index (Phi) is 6.43. The molecule has 1 aromatic heterocycles. The molecule has 0 radical (unpaired) electrons. The number of benzene rings is 1. The zero-order valence-corrected chi connectivity index (χ0v) is 16.7. The van der Waals surface area contributed by atoms with Gasteiger partial charge in [-0.05, 0) is 38.3 Å². The van der Waals surface area contributed by atoms with Gasteiger partial charge in [0.15, 0.2) is 5.16 Å². The first kappa shape index (κ1) is 19.0. The monoisotopic (exact) mass is 393 g/mol. The van der Waals surface area contributed by atoms with Crippen LogP contribution in [0.2, 0.25) is 5.02 Å². The molecule has 1 N–H and O–H groups in total. The lowest BCUT2D eigenvalue weighted by Gasteiger charge is -2.19. The van der Waals surface area contributed by atoms with Crippen LogP contribution in [0.4, 0.5) is 5.95 Å². The summed E-state index contributed by atoms with van der Waals surface area (Å²) in [7, 11) is 0. The number of thioether (sulfide) groups is 1. The van der Waals surface area contributed by atoms with Gasteiger partial charge in [0.25, 0.3) is 0 Å². The average Bonchev–Trinajstić information content (AvgIpc) is 3.29. The van der Waals surface area contributed by atoms with Crippen LogP contribution in [0.5, 0.6) is 0 Å². The summed E-state index contributed by atoms with van der Waals surface area (Å²) in [5.41, 5.74) is 0.839. The fraction of sp³-hybridized carbons (Fsp3) is 0.500. The van der Waals surface area contributed by atoms with E-state index < -0.39 is 0 Å². The van der Waals surface area contributed by atoms with Gasteiger partial charge in [-0.15, -0.1) is 10.2 Å². The summed E-state index contributed by atoms with van der Waals surface area (Å²) in [5, 5.41) is 13.0. The second kappa shape index (κ2) is 8.77. The lowest BCUT2D eigenvalue weighted by molar-refractivity contribution is -0.119. The highest BCUT2D eigenvalue weighted by molar-refractivity contribution is 7.99. The maximum atomic E-state index is 12.1. The molecule has 0 unspecified atom stereocenters. The van der Waals surface area contributed by atoms with Crippen LogP contribution >= 0.6 is 23.4 Å². The Morgan fingerprint density at radius 3 is 2.73 bits per heavy atom. The van der Waals surface area contributed by atoms with E-state index in [1.165, 1.54) is 11.8 Å². The molecule has 3 rings (SSSR count). The van der Waals surface area contributed by atoms with E-state index in [0.29, 0.717) is 15.9 Å². The first-order valence-corrected chi connectivity index (χ1v) is 10.3. The normalized spacial score (nSPS) is 15.3. The number of anilines is 1. The summed E-state index contributed by atoms with van der Waals surface area (Å²) in [6.07, 6.45) is 3.20. The number of hydrogen-bond acceptors (Lipinski definition) is 5. The number of rotatable bonds is 7. The minimum Gasteiger partial charge on any atom is -0.353 e. The number of nitrogens with zero attached hydrogens (tertiary/aromatic N) is 4. The highest BCUT2D eigenvalue weighted by atomic mass is 35.5. The molecule has 1 saturated heterocycles. The third kappa shape index (κ3) is 4.32. The molecule has 1 fully saturated rings. The smallest absolute Gasteiger partial charge is 0.232 e. The molecular weight excluding hydrogens is 370 g/mol. The van der Waals surface area contributed by atoms with E-state index in [1.807, 2.05) is 35.8 Å². The molecule has 8 heteroatoms. The fourth-order valence-corrected chi connectivity index (χ4v) is 3.84. The summed E-state index contributed by atoms with van der Waals surface area (Å²) < 4.78 is 1.97. The second-order valence-corrected chi connectivity index (χ2v) is 7.78. The minimum absolute atomic E-state index is 0.000723. The van der Waals surface area contributed by atoms with Gasteiger partial charge in [0.2, 0.25) is 11.9 Å². The number of nitrogens with one attached hydrogen (secondary N) is 1. The lowest BCUT2D eigenvalue weighted by Crippen LogP contribution is -2.33. The Labute approximate surface area is 163 Å². The highest BCUT2D eigenvalue weighted by Gasteiger charge is 2.24. The van der Waals surface area contributed by atoms with Gasteiger partial charge in [0.05, 0.1) is 16.5 Å². The molecule has 1 amide bonds. The van der Waals surface area contributed by atoms with Crippen LogP contribution in [0.15, 0.2) is 29.4 Å². The molecule has 6 nitrogen and oxygen atoms in total. The predicted molar refractivity (Wildman–Crippen MR) is 106 cm³/mol. The van der Waals surface area contributed by atoms with Crippen LogP contribution in [-0.4, -0.2) is 45.6 Å². The third-order valence-electron chi connectivity index (χ3n) is 4.45. The zero-order chi connectivity index (χ0) is 18.5. The molecule has 0 aliphatic carbocycles. The predicted octanol–water partition coefficient (Wildman–Crippen LogP) is 3.53. The third-order valence-corrected chi connectivity index (χ3v) is 5.70. The Morgan fingerprint density at radius 1 is 1.31 bits per heavy atom. The first-order chi connectivity index (χ1) is 12.6. The molecule has 140 valence electrons. The van der Waals surface area contributed by atoms with Crippen molar-refractivity contribution < 1.29 is 4.79 Å². The van der Waals surface area contributed by atoms with Crippen molar-refractivity contribution in [3.05, 3.63) is 29.3 Å². The summed E-state index contributed by atoms with van der Waals surface area (Å²) in [6.45, 7) is 5.97. The van der Waals surface area contributed by atoms with Crippen molar-refractivity contribution in [1.82, 2.24) is 20.1 Å². The Hall–Kier alpha value is -1.73. The van der Waals surface area contributed by atoms with Crippen molar-refractivity contribution in [1.29, 1.82) is 0 Å². The number of para-hydroxylation sites is 1. The number of aromatic nitrogens is 3. The van der Waals surface area contributed by atoms with Gasteiger partial charge in [0, 0.05) is 19.1 Å². The lowest BCUT2D eigenvalue weighted by atomic mass is 10.3. The van der Waals surface area contributed by atoms with Gasteiger partial charge >= 0.3 is 0 Å². The zero-order valence-electron chi connectivity index (χ0n) is 15.1. The molecular formula is C18H24ClN5OS. The molecule has 26 heavy (non-hydrogen) atoms. The number of amides is 1. The van der Waals surface area contributed by atoms with Gasteiger partial charge in [-0.2, -0.15) is 0 Å². The van der Waals surface area contributed by atoms with E-state index in [-0.39, 0.29) is 11.9 Å². The van der Waals surface area contributed by atoms with Crippen molar-refractivity contribution in [3.8, 4) is 5.69 Å². The second-order valence-electron chi connectivity index (χ2n) is 6.43. The summed E-state index contributed by atoms with van der Waals surface area (Å²) >= 11 is 7.82. The average molecular weight is 394 g/mol. The quantitative estimate of drug-likeness (QED) is 0.729. The van der Waals surface area contributed by atoms with Crippen LogP contribution in [-0.2, 0) is 4.79 Å². The minimum atomic E-state index is 0.000723. The Bertz CT molecular complexity index is 760. The van der Waals surface area contributed by atoms with Crippen molar-refractivity contribution in [3.63, 3.8) is 0 Å². The maximum Gasteiger partial charge on any atom is 0.232 e. The van der Waals surface area contributed by atoms with Crippen molar-refractivity contribution in [2.75, 3.05) is 23.7 Å². The van der Waals surface area contributed by atoms with Crippen LogP contribution in [0.3, 0.4) is 0 Å². The fourth-order valence-electron chi connectivity index (χ4n) is 2.87. The van der Waals surface area contributed by atoms with Gasteiger partial charge in [-0.1, -0.05) is 42.4 Å². The van der Waals surface area contributed by atoms with Gasteiger partial charge < -0.3 is 10.2 Å². The Morgan fingerprint density at radius 2 is 2.04 bits per heavy atom. The van der Waals surface area contributed by atoms with Crippen LogP contribution in [0, 0.1) is 0 Å².